The molecule has 7 heteroatoms. The minimum Gasteiger partial charge on any atom is -0.445 e. The molecule has 0 spiro atoms. The lowest BCUT2D eigenvalue weighted by atomic mass is 10.1. The smallest absolute Gasteiger partial charge is 0.407 e. The van der Waals surface area contributed by atoms with Crippen LogP contribution in [0.2, 0.25) is 0 Å². The summed E-state index contributed by atoms with van der Waals surface area (Å²) in [4.78, 5) is 24.6. The van der Waals surface area contributed by atoms with E-state index < -0.39 is 6.09 Å². The van der Waals surface area contributed by atoms with Gasteiger partial charge in [-0.1, -0.05) is 48.5 Å². The number of ether oxygens (including phenoxy) is 1. The first-order chi connectivity index (χ1) is 17.5. The number of benzene rings is 3. The topological polar surface area (TPSA) is 105 Å². The van der Waals surface area contributed by atoms with Crippen LogP contribution in [0.5, 0.6) is 0 Å². The minimum atomic E-state index is -0.480. The number of nitrogens with two attached hydrogens (primary N) is 1. The Morgan fingerprint density at radius 2 is 1.64 bits per heavy atom. The second kappa shape index (κ2) is 10.8. The van der Waals surface area contributed by atoms with Gasteiger partial charge in [-0.2, -0.15) is 0 Å². The van der Waals surface area contributed by atoms with E-state index in [1.54, 1.807) is 36.4 Å². The number of carbonyl (C=O) groups excluding carboxylic acids is 2. The molecule has 0 saturated heterocycles. The van der Waals surface area contributed by atoms with E-state index in [1.807, 2.05) is 12.1 Å². The number of para-hydroxylation sites is 2. The standard InChI is InChI=1S/C29H32N4O3/c30-25-3-1-2-4-26(25)33-28(34)23-13-9-21(10-14-23)18-36-29(35)32-17-20-7-11-22(12-8-20)24-15-27(24)31-16-19-5-6-19/h1-4,7-14,19,24,27,31H,5-6,15-18,30H2,(H,32,35)(H,33,34)/t24-,27+/m1/s1. The van der Waals surface area contributed by atoms with Gasteiger partial charge >= 0.3 is 6.09 Å². The maximum absolute atomic E-state index is 12.4. The number of rotatable bonds is 10. The zero-order valence-electron chi connectivity index (χ0n) is 20.2. The lowest BCUT2D eigenvalue weighted by molar-refractivity contribution is 0.102. The van der Waals surface area contributed by atoms with Gasteiger partial charge in [0.05, 0.1) is 11.4 Å². The zero-order chi connectivity index (χ0) is 24.9. The highest BCUT2D eigenvalue weighted by atomic mass is 16.5. The van der Waals surface area contributed by atoms with Crippen LogP contribution in [-0.2, 0) is 17.9 Å². The van der Waals surface area contributed by atoms with Gasteiger partial charge in [-0.05, 0) is 72.7 Å². The molecule has 0 heterocycles. The van der Waals surface area contributed by atoms with E-state index >= 15 is 0 Å². The fourth-order valence-corrected chi connectivity index (χ4v) is 4.24. The van der Waals surface area contributed by atoms with Crippen LogP contribution in [0.15, 0.2) is 72.8 Å². The predicted octanol–water partition coefficient (Wildman–Crippen LogP) is 4.80. The van der Waals surface area contributed by atoms with Gasteiger partial charge in [0.15, 0.2) is 0 Å². The van der Waals surface area contributed by atoms with Gasteiger partial charge in [0.1, 0.15) is 6.61 Å². The molecule has 2 fully saturated rings. The molecule has 2 atom stereocenters. The lowest BCUT2D eigenvalue weighted by Crippen LogP contribution is -2.23. The Bertz CT molecular complexity index is 1210. The Kier molecular flexibility index (Phi) is 7.18. The predicted molar refractivity (Wildman–Crippen MR) is 141 cm³/mol. The van der Waals surface area contributed by atoms with E-state index in [4.69, 9.17) is 10.5 Å². The zero-order valence-corrected chi connectivity index (χ0v) is 20.2. The van der Waals surface area contributed by atoms with E-state index in [-0.39, 0.29) is 12.5 Å². The number of hydrogen-bond acceptors (Lipinski definition) is 5. The van der Waals surface area contributed by atoms with Crippen molar-refractivity contribution in [3.63, 3.8) is 0 Å². The van der Waals surface area contributed by atoms with Crippen molar-refractivity contribution >= 4 is 23.4 Å². The number of alkyl carbamates (subject to hydrolysis) is 1. The summed E-state index contributed by atoms with van der Waals surface area (Å²) >= 11 is 0. The van der Waals surface area contributed by atoms with Crippen molar-refractivity contribution < 1.29 is 14.3 Å². The van der Waals surface area contributed by atoms with Crippen molar-refractivity contribution in [1.29, 1.82) is 0 Å². The average molecular weight is 485 g/mol. The molecule has 186 valence electrons. The number of anilines is 2. The quantitative estimate of drug-likeness (QED) is 0.309. The third kappa shape index (κ3) is 6.43. The maximum atomic E-state index is 12.4. The van der Waals surface area contributed by atoms with Crippen LogP contribution in [0.4, 0.5) is 16.2 Å². The molecular weight excluding hydrogens is 452 g/mol. The number of hydrogen-bond donors (Lipinski definition) is 4. The summed E-state index contributed by atoms with van der Waals surface area (Å²) in [5.41, 5.74) is 10.6. The first kappa shape index (κ1) is 23.9. The molecule has 5 N–H and O–H groups in total. The number of nitrogens with one attached hydrogen (secondary N) is 3. The van der Waals surface area contributed by atoms with Crippen molar-refractivity contribution in [2.75, 3.05) is 17.6 Å². The van der Waals surface area contributed by atoms with Crippen LogP contribution in [0.25, 0.3) is 0 Å². The maximum Gasteiger partial charge on any atom is 0.407 e. The minimum absolute atomic E-state index is 0.120. The summed E-state index contributed by atoms with van der Waals surface area (Å²) in [6.07, 6.45) is 3.49. The Morgan fingerprint density at radius 3 is 2.36 bits per heavy atom. The van der Waals surface area contributed by atoms with Gasteiger partial charge in [-0.15, -0.1) is 0 Å². The van der Waals surface area contributed by atoms with Gasteiger partial charge in [0.25, 0.3) is 5.91 Å². The van der Waals surface area contributed by atoms with Crippen LogP contribution < -0.4 is 21.7 Å². The first-order valence-corrected chi connectivity index (χ1v) is 12.5. The van der Waals surface area contributed by atoms with Crippen molar-refractivity contribution in [3.8, 4) is 0 Å². The Labute approximate surface area is 211 Å². The molecule has 7 nitrogen and oxygen atoms in total. The van der Waals surface area contributed by atoms with Gasteiger partial charge in [0, 0.05) is 24.1 Å². The molecule has 0 aromatic heterocycles. The van der Waals surface area contributed by atoms with Gasteiger partial charge in [0.2, 0.25) is 0 Å². The number of amides is 2. The monoisotopic (exact) mass is 484 g/mol. The SMILES string of the molecule is Nc1ccccc1NC(=O)c1ccc(COC(=O)NCc2ccc([C@H]3C[C@@H]3NCC3CC3)cc2)cc1. The summed E-state index contributed by atoms with van der Waals surface area (Å²) in [6, 6.07) is 23.1. The summed E-state index contributed by atoms with van der Waals surface area (Å²) < 4.78 is 5.32. The second-order valence-corrected chi connectivity index (χ2v) is 9.71. The highest BCUT2D eigenvalue weighted by Crippen LogP contribution is 2.41. The molecule has 2 amide bonds. The molecule has 3 aromatic rings. The average Bonchev–Trinajstić information content (AvgIpc) is 3.82. The van der Waals surface area contributed by atoms with E-state index in [9.17, 15) is 9.59 Å². The molecule has 0 unspecified atom stereocenters. The molecular formula is C29H32N4O3. The normalized spacial score (nSPS) is 18.3. The summed E-state index contributed by atoms with van der Waals surface area (Å²) in [5.74, 6) is 1.27. The van der Waals surface area contributed by atoms with Crippen LogP contribution in [-0.4, -0.2) is 24.6 Å². The summed E-state index contributed by atoms with van der Waals surface area (Å²) in [7, 11) is 0. The van der Waals surface area contributed by atoms with Crippen LogP contribution in [0, 0.1) is 5.92 Å². The Hall–Kier alpha value is -3.84. The fraction of sp³-hybridized carbons (Fsp3) is 0.310. The van der Waals surface area contributed by atoms with Crippen LogP contribution >= 0.6 is 0 Å². The second-order valence-electron chi connectivity index (χ2n) is 9.71. The summed E-state index contributed by atoms with van der Waals surface area (Å²) in [5, 5.41) is 9.26. The Morgan fingerprint density at radius 1 is 0.917 bits per heavy atom. The molecule has 0 aliphatic heterocycles. The highest BCUT2D eigenvalue weighted by molar-refractivity contribution is 6.05. The molecule has 2 aliphatic rings. The highest BCUT2D eigenvalue weighted by Gasteiger charge is 2.38. The number of nitrogen functional groups attached to an aromatic ring is 1. The van der Waals surface area contributed by atoms with Gasteiger partial charge in [-0.25, -0.2) is 4.79 Å². The van der Waals surface area contributed by atoms with Crippen molar-refractivity contribution in [3.05, 3.63) is 95.1 Å². The third-order valence-corrected chi connectivity index (χ3v) is 6.80. The molecule has 5 rings (SSSR count). The lowest BCUT2D eigenvalue weighted by Gasteiger charge is -2.10. The third-order valence-electron chi connectivity index (χ3n) is 6.80. The van der Waals surface area contributed by atoms with Gasteiger partial charge in [-0.3, -0.25) is 4.79 Å². The molecule has 3 aromatic carbocycles. The van der Waals surface area contributed by atoms with Crippen molar-refractivity contribution in [2.45, 2.75) is 44.4 Å². The largest absolute Gasteiger partial charge is 0.445 e. The first-order valence-electron chi connectivity index (χ1n) is 12.5. The molecule has 2 saturated carbocycles. The Balaban J connectivity index is 1.02. The van der Waals surface area contributed by atoms with E-state index in [2.05, 4.69) is 40.2 Å². The molecule has 0 bridgehead atoms. The fourth-order valence-electron chi connectivity index (χ4n) is 4.24. The van der Waals surface area contributed by atoms with Crippen molar-refractivity contribution in [1.82, 2.24) is 10.6 Å². The van der Waals surface area contributed by atoms with Gasteiger partial charge < -0.3 is 26.4 Å². The van der Waals surface area contributed by atoms with E-state index in [0.717, 1.165) is 23.6 Å². The van der Waals surface area contributed by atoms with Crippen molar-refractivity contribution in [2.24, 2.45) is 5.92 Å². The van der Waals surface area contributed by atoms with Crippen LogP contribution in [0.3, 0.4) is 0 Å². The number of carbonyl (C=O) groups is 2. The van der Waals surface area contributed by atoms with E-state index in [0.29, 0.717) is 35.4 Å². The molecule has 0 radical (unpaired) electrons. The molecule has 36 heavy (non-hydrogen) atoms. The molecule has 2 aliphatic carbocycles. The summed E-state index contributed by atoms with van der Waals surface area (Å²) in [6.45, 7) is 1.69. The van der Waals surface area contributed by atoms with E-state index in [1.165, 1.54) is 24.8 Å². The van der Waals surface area contributed by atoms with Crippen LogP contribution in [0.1, 0.15) is 52.2 Å².